The average molecular weight is 310 g/mol. The highest BCUT2D eigenvalue weighted by molar-refractivity contribution is 7.99. The molecule has 0 spiro atoms. The number of nitrogens with zero attached hydrogens (tertiary/aromatic N) is 3. The minimum absolute atomic E-state index is 0.0109. The van der Waals surface area contributed by atoms with Crippen molar-refractivity contribution >= 4 is 23.6 Å². The first-order valence-electron chi connectivity index (χ1n) is 7.15. The molecule has 0 radical (unpaired) electrons. The van der Waals surface area contributed by atoms with Gasteiger partial charge in [-0.15, -0.1) is 0 Å². The number of aliphatic hydroxyl groups excluding tert-OH is 1. The van der Waals surface area contributed by atoms with Crippen molar-refractivity contribution in [2.75, 3.05) is 24.3 Å². The van der Waals surface area contributed by atoms with Crippen LogP contribution in [0, 0.1) is 0 Å². The number of carbonyl (C=O) groups is 1. The molecule has 1 aliphatic rings. The van der Waals surface area contributed by atoms with Crippen molar-refractivity contribution in [1.29, 1.82) is 0 Å². The molecule has 0 saturated carbocycles. The molecule has 116 valence electrons. The SMILES string of the molecule is CSC(CO)C(C)NC(=O)C1CCCN1c1ncccn1. The summed E-state index contributed by atoms with van der Waals surface area (Å²) in [6.07, 6.45) is 7.07. The Morgan fingerprint density at radius 3 is 2.90 bits per heavy atom. The molecule has 1 fully saturated rings. The molecule has 3 atom stereocenters. The standard InChI is InChI=1S/C14H22N4O2S/c1-10(12(9-19)21-2)17-13(20)11-5-3-8-18(11)14-15-6-4-7-16-14/h4,6-7,10-12,19H,3,5,8-9H2,1-2H3,(H,17,20). The maximum Gasteiger partial charge on any atom is 0.243 e. The van der Waals surface area contributed by atoms with Gasteiger partial charge in [-0.25, -0.2) is 9.97 Å². The van der Waals surface area contributed by atoms with Gasteiger partial charge in [0.25, 0.3) is 0 Å². The first kappa shape index (κ1) is 16.0. The van der Waals surface area contributed by atoms with Crippen LogP contribution in [0.4, 0.5) is 5.95 Å². The molecule has 2 heterocycles. The van der Waals surface area contributed by atoms with Gasteiger partial charge in [-0.1, -0.05) is 0 Å². The predicted molar refractivity (Wildman–Crippen MR) is 84.4 cm³/mol. The Kier molecular flexibility index (Phi) is 5.81. The van der Waals surface area contributed by atoms with Crippen molar-refractivity contribution in [2.45, 2.75) is 37.1 Å². The van der Waals surface area contributed by atoms with Crippen LogP contribution in [0.2, 0.25) is 0 Å². The van der Waals surface area contributed by atoms with E-state index in [1.165, 1.54) is 0 Å². The third-order valence-corrected chi connectivity index (χ3v) is 4.94. The minimum atomic E-state index is -0.226. The lowest BCUT2D eigenvalue weighted by Crippen LogP contribution is -2.50. The third kappa shape index (κ3) is 3.85. The van der Waals surface area contributed by atoms with Crippen molar-refractivity contribution < 1.29 is 9.90 Å². The van der Waals surface area contributed by atoms with E-state index in [1.54, 1.807) is 30.2 Å². The summed E-state index contributed by atoms with van der Waals surface area (Å²) in [6.45, 7) is 2.77. The summed E-state index contributed by atoms with van der Waals surface area (Å²) >= 11 is 1.56. The lowest BCUT2D eigenvalue weighted by atomic mass is 10.1. The molecule has 2 rings (SSSR count). The van der Waals surface area contributed by atoms with Crippen molar-refractivity contribution in [3.8, 4) is 0 Å². The molecular formula is C14H22N4O2S. The van der Waals surface area contributed by atoms with Gasteiger partial charge >= 0.3 is 0 Å². The van der Waals surface area contributed by atoms with E-state index in [9.17, 15) is 9.90 Å². The fourth-order valence-electron chi connectivity index (χ4n) is 2.57. The van der Waals surface area contributed by atoms with Crippen LogP contribution in [-0.2, 0) is 4.79 Å². The van der Waals surface area contributed by atoms with E-state index in [1.807, 2.05) is 18.1 Å². The Morgan fingerprint density at radius 2 is 2.29 bits per heavy atom. The van der Waals surface area contributed by atoms with Crippen molar-refractivity contribution in [2.24, 2.45) is 0 Å². The van der Waals surface area contributed by atoms with E-state index < -0.39 is 0 Å². The zero-order chi connectivity index (χ0) is 15.2. The van der Waals surface area contributed by atoms with Gasteiger partial charge in [-0.05, 0) is 32.1 Å². The highest BCUT2D eigenvalue weighted by atomic mass is 32.2. The van der Waals surface area contributed by atoms with E-state index in [2.05, 4.69) is 15.3 Å². The van der Waals surface area contributed by atoms with Gasteiger partial charge in [-0.2, -0.15) is 11.8 Å². The number of hydrogen-bond acceptors (Lipinski definition) is 6. The lowest BCUT2D eigenvalue weighted by Gasteiger charge is -2.27. The summed E-state index contributed by atoms with van der Waals surface area (Å²) in [5.74, 6) is 0.589. The van der Waals surface area contributed by atoms with Gasteiger partial charge < -0.3 is 15.3 Å². The number of aromatic nitrogens is 2. The van der Waals surface area contributed by atoms with Gasteiger partial charge in [-0.3, -0.25) is 4.79 Å². The number of aliphatic hydroxyl groups is 1. The van der Waals surface area contributed by atoms with Gasteiger partial charge in [0.15, 0.2) is 0 Å². The molecule has 0 bridgehead atoms. The third-order valence-electron chi connectivity index (χ3n) is 3.77. The van der Waals surface area contributed by atoms with Crippen molar-refractivity contribution in [3.63, 3.8) is 0 Å². The summed E-state index contributed by atoms with van der Waals surface area (Å²) < 4.78 is 0. The number of thioether (sulfide) groups is 1. The highest BCUT2D eigenvalue weighted by Crippen LogP contribution is 2.22. The monoisotopic (exact) mass is 310 g/mol. The topological polar surface area (TPSA) is 78.4 Å². The number of hydrogen-bond donors (Lipinski definition) is 2. The first-order valence-corrected chi connectivity index (χ1v) is 8.44. The molecule has 21 heavy (non-hydrogen) atoms. The van der Waals surface area contributed by atoms with Crippen LogP contribution in [-0.4, -0.2) is 57.7 Å². The molecule has 1 amide bonds. The molecule has 1 aromatic heterocycles. The van der Waals surface area contributed by atoms with Crippen LogP contribution in [0.5, 0.6) is 0 Å². The second-order valence-electron chi connectivity index (χ2n) is 5.15. The summed E-state index contributed by atoms with van der Waals surface area (Å²) in [4.78, 5) is 22.9. The van der Waals surface area contributed by atoms with Gasteiger partial charge in [0.2, 0.25) is 11.9 Å². The molecule has 7 heteroatoms. The molecular weight excluding hydrogens is 288 g/mol. The summed E-state index contributed by atoms with van der Waals surface area (Å²) in [7, 11) is 0. The molecule has 0 aliphatic carbocycles. The number of rotatable bonds is 6. The van der Waals surface area contributed by atoms with E-state index >= 15 is 0 Å². The quantitative estimate of drug-likeness (QED) is 0.804. The number of nitrogens with one attached hydrogen (secondary N) is 1. The van der Waals surface area contributed by atoms with Crippen molar-refractivity contribution in [3.05, 3.63) is 18.5 Å². The molecule has 2 N–H and O–H groups in total. The van der Waals surface area contributed by atoms with Gasteiger partial charge in [0, 0.05) is 30.2 Å². The Labute approximate surface area is 129 Å². The van der Waals surface area contributed by atoms with Crippen LogP contribution in [0.3, 0.4) is 0 Å². The van der Waals surface area contributed by atoms with E-state index in [4.69, 9.17) is 0 Å². The summed E-state index contributed by atoms with van der Waals surface area (Å²) in [5.41, 5.74) is 0. The fraction of sp³-hybridized carbons (Fsp3) is 0.643. The Balaban J connectivity index is 2.01. The lowest BCUT2D eigenvalue weighted by molar-refractivity contribution is -0.122. The summed E-state index contributed by atoms with van der Waals surface area (Å²) in [6, 6.07) is 1.47. The minimum Gasteiger partial charge on any atom is -0.395 e. The van der Waals surface area contributed by atoms with Crippen molar-refractivity contribution in [1.82, 2.24) is 15.3 Å². The molecule has 0 aromatic carbocycles. The molecule has 6 nitrogen and oxygen atoms in total. The van der Waals surface area contributed by atoms with Crippen LogP contribution < -0.4 is 10.2 Å². The van der Waals surface area contributed by atoms with Crippen LogP contribution in [0.15, 0.2) is 18.5 Å². The number of amides is 1. The maximum atomic E-state index is 12.5. The van der Waals surface area contributed by atoms with Crippen LogP contribution in [0.25, 0.3) is 0 Å². The van der Waals surface area contributed by atoms with E-state index in [-0.39, 0.29) is 29.8 Å². The zero-order valence-corrected chi connectivity index (χ0v) is 13.2. The van der Waals surface area contributed by atoms with E-state index in [0.717, 1.165) is 19.4 Å². The second kappa shape index (κ2) is 7.61. The smallest absolute Gasteiger partial charge is 0.243 e. The maximum absolute atomic E-state index is 12.5. The largest absolute Gasteiger partial charge is 0.395 e. The fourth-order valence-corrected chi connectivity index (χ4v) is 3.19. The zero-order valence-electron chi connectivity index (χ0n) is 12.4. The highest BCUT2D eigenvalue weighted by Gasteiger charge is 2.33. The predicted octanol–water partition coefficient (Wildman–Crippen LogP) is 0.674. The molecule has 1 aliphatic heterocycles. The number of carbonyl (C=O) groups excluding carboxylic acids is 1. The second-order valence-corrected chi connectivity index (χ2v) is 6.23. The first-order chi connectivity index (χ1) is 10.2. The Bertz CT molecular complexity index is 456. The van der Waals surface area contributed by atoms with Gasteiger partial charge in [0.1, 0.15) is 6.04 Å². The van der Waals surface area contributed by atoms with Crippen LogP contribution >= 0.6 is 11.8 Å². The molecule has 1 saturated heterocycles. The molecule has 3 unspecified atom stereocenters. The summed E-state index contributed by atoms with van der Waals surface area (Å²) in [5, 5.41) is 12.3. The Hall–Kier alpha value is -1.34. The number of anilines is 1. The normalized spacial score (nSPS) is 21.1. The molecule has 1 aromatic rings. The average Bonchev–Trinajstić information content (AvgIpc) is 2.99. The van der Waals surface area contributed by atoms with Crippen LogP contribution in [0.1, 0.15) is 19.8 Å². The van der Waals surface area contributed by atoms with Gasteiger partial charge in [0.05, 0.1) is 6.61 Å². The van der Waals surface area contributed by atoms with E-state index in [0.29, 0.717) is 5.95 Å². The Morgan fingerprint density at radius 1 is 1.57 bits per heavy atom.